The van der Waals surface area contributed by atoms with E-state index in [1.165, 1.54) is 10.6 Å². The number of hydrazine groups is 1. The van der Waals surface area contributed by atoms with Crippen molar-refractivity contribution in [2.24, 2.45) is 0 Å². The molecular formula is C32H38N4O4. The average molecular weight is 543 g/mol. The highest BCUT2D eigenvalue weighted by Crippen LogP contribution is 2.25. The molecule has 0 radical (unpaired) electrons. The third kappa shape index (κ3) is 6.94. The quantitative estimate of drug-likeness (QED) is 0.313. The number of benzene rings is 2. The molecule has 3 aromatic rings. The normalized spacial score (nSPS) is 13.6. The zero-order valence-electron chi connectivity index (χ0n) is 23.6. The molecule has 8 nitrogen and oxygen atoms in total. The summed E-state index contributed by atoms with van der Waals surface area (Å²) >= 11 is 0. The molecular weight excluding hydrogens is 504 g/mol. The lowest BCUT2D eigenvalue weighted by Crippen LogP contribution is -2.46. The number of carbonyl (C=O) groups is 2. The number of pyridine rings is 1. The lowest BCUT2D eigenvalue weighted by molar-refractivity contribution is -0.120. The van der Waals surface area contributed by atoms with E-state index in [-0.39, 0.29) is 12.1 Å². The van der Waals surface area contributed by atoms with E-state index >= 15 is 0 Å². The molecule has 0 unspecified atom stereocenters. The van der Waals surface area contributed by atoms with Crippen molar-refractivity contribution in [2.45, 2.75) is 46.7 Å². The summed E-state index contributed by atoms with van der Waals surface area (Å²) < 4.78 is 5.44. The summed E-state index contributed by atoms with van der Waals surface area (Å²) in [6, 6.07) is 16.0. The number of aromatic amines is 1. The Labute approximate surface area is 235 Å². The first kappa shape index (κ1) is 29.0. The molecule has 1 aliphatic rings. The summed E-state index contributed by atoms with van der Waals surface area (Å²) in [5.74, 6) is -0.933. The molecule has 0 atom stereocenters. The minimum atomic E-state index is -0.530. The maximum absolute atomic E-state index is 13.9. The van der Waals surface area contributed by atoms with Gasteiger partial charge in [-0.3, -0.25) is 24.7 Å². The van der Waals surface area contributed by atoms with Crippen molar-refractivity contribution < 1.29 is 14.3 Å². The van der Waals surface area contributed by atoms with Gasteiger partial charge in [-0.1, -0.05) is 56.8 Å². The van der Waals surface area contributed by atoms with Crippen LogP contribution < -0.4 is 11.0 Å². The van der Waals surface area contributed by atoms with Gasteiger partial charge in [-0.15, -0.1) is 0 Å². The smallest absolute Gasteiger partial charge is 0.272 e. The van der Waals surface area contributed by atoms with Gasteiger partial charge in [0.1, 0.15) is 0 Å². The Morgan fingerprint density at radius 1 is 1.05 bits per heavy atom. The summed E-state index contributed by atoms with van der Waals surface area (Å²) in [6.07, 6.45) is 2.42. The van der Waals surface area contributed by atoms with Crippen LogP contribution in [0.3, 0.4) is 0 Å². The first-order chi connectivity index (χ1) is 19.3. The van der Waals surface area contributed by atoms with Crippen molar-refractivity contribution in [3.8, 4) is 11.1 Å². The highest BCUT2D eigenvalue weighted by molar-refractivity contribution is 5.98. The fraction of sp³-hybridized carbons (Fsp3) is 0.344. The van der Waals surface area contributed by atoms with Crippen LogP contribution in [0.4, 0.5) is 0 Å². The minimum absolute atomic E-state index is 0.0686. The van der Waals surface area contributed by atoms with Gasteiger partial charge in [0, 0.05) is 36.5 Å². The van der Waals surface area contributed by atoms with Crippen molar-refractivity contribution in [2.75, 3.05) is 26.3 Å². The second kappa shape index (κ2) is 13.4. The van der Waals surface area contributed by atoms with E-state index in [2.05, 4.69) is 46.2 Å². The van der Waals surface area contributed by atoms with Gasteiger partial charge >= 0.3 is 0 Å². The molecule has 2 N–H and O–H groups in total. The second-order valence-electron chi connectivity index (χ2n) is 10.0. The molecule has 40 heavy (non-hydrogen) atoms. The average Bonchev–Trinajstić information content (AvgIpc) is 2.98. The van der Waals surface area contributed by atoms with Gasteiger partial charge < -0.3 is 9.72 Å². The molecule has 0 bridgehead atoms. The van der Waals surface area contributed by atoms with Gasteiger partial charge in [-0.05, 0) is 65.8 Å². The summed E-state index contributed by atoms with van der Waals surface area (Å²) in [6.45, 7) is 13.5. The number of hydrogen-bond donors (Lipinski definition) is 2. The molecule has 210 valence electrons. The Kier molecular flexibility index (Phi) is 9.69. The minimum Gasteiger partial charge on any atom is -0.379 e. The fourth-order valence-electron chi connectivity index (χ4n) is 4.88. The molecule has 1 fully saturated rings. The highest BCUT2D eigenvalue weighted by Gasteiger charge is 2.23. The molecule has 0 aliphatic carbocycles. The van der Waals surface area contributed by atoms with E-state index < -0.39 is 11.8 Å². The number of nitrogens with zero attached hydrogens (tertiary/aromatic N) is 2. The van der Waals surface area contributed by atoms with Gasteiger partial charge in [0.2, 0.25) is 0 Å². The van der Waals surface area contributed by atoms with E-state index in [0.29, 0.717) is 24.0 Å². The van der Waals surface area contributed by atoms with E-state index in [0.717, 1.165) is 66.9 Å². The summed E-state index contributed by atoms with van der Waals surface area (Å²) in [5, 5.41) is 1.21. The Hall–Kier alpha value is -4.01. The molecule has 8 heteroatoms. The number of carbonyl (C=O) groups excluding carboxylic acids is 2. The van der Waals surface area contributed by atoms with E-state index in [4.69, 9.17) is 4.74 Å². The topological polar surface area (TPSA) is 94.7 Å². The lowest BCUT2D eigenvalue weighted by atomic mass is 9.98. The Morgan fingerprint density at radius 2 is 1.75 bits per heavy atom. The van der Waals surface area contributed by atoms with Crippen LogP contribution >= 0.6 is 0 Å². The van der Waals surface area contributed by atoms with Crippen LogP contribution in [-0.4, -0.2) is 53.0 Å². The van der Waals surface area contributed by atoms with Gasteiger partial charge in [0.15, 0.2) is 0 Å². The van der Waals surface area contributed by atoms with Crippen molar-refractivity contribution >= 4 is 11.8 Å². The third-order valence-electron chi connectivity index (χ3n) is 7.30. The van der Waals surface area contributed by atoms with Crippen molar-refractivity contribution in [3.05, 3.63) is 105 Å². The summed E-state index contributed by atoms with van der Waals surface area (Å²) in [7, 11) is 0. The SMILES string of the molecule is C=CC(=O)NN(Cc1c(CC)cc(CC)[nH]c1=O)C(=O)c1cc(-c2ccc(CN3CCOCC3)cc2)ccc1C. The lowest BCUT2D eigenvalue weighted by Gasteiger charge is -2.26. The van der Waals surface area contributed by atoms with Crippen LogP contribution in [0, 0.1) is 6.92 Å². The van der Waals surface area contributed by atoms with E-state index in [1.54, 1.807) is 0 Å². The number of aryl methyl sites for hydroxylation is 3. The van der Waals surface area contributed by atoms with Gasteiger partial charge in [0.25, 0.3) is 17.4 Å². The predicted octanol–water partition coefficient (Wildman–Crippen LogP) is 4.17. The summed E-state index contributed by atoms with van der Waals surface area (Å²) in [4.78, 5) is 44.4. The maximum atomic E-state index is 13.9. The number of amides is 2. The number of aromatic nitrogens is 1. The van der Waals surface area contributed by atoms with Crippen LogP contribution in [-0.2, 0) is 35.5 Å². The van der Waals surface area contributed by atoms with Crippen LogP contribution in [0.2, 0.25) is 0 Å². The number of nitrogens with one attached hydrogen (secondary N) is 2. The first-order valence-electron chi connectivity index (χ1n) is 13.8. The number of morpholine rings is 1. The zero-order valence-corrected chi connectivity index (χ0v) is 23.6. The predicted molar refractivity (Wildman–Crippen MR) is 157 cm³/mol. The number of H-pyrrole nitrogens is 1. The van der Waals surface area contributed by atoms with Crippen molar-refractivity contribution in [1.29, 1.82) is 0 Å². The molecule has 1 saturated heterocycles. The Morgan fingerprint density at radius 3 is 2.40 bits per heavy atom. The molecule has 2 heterocycles. The highest BCUT2D eigenvalue weighted by atomic mass is 16.5. The molecule has 4 rings (SSSR count). The Balaban J connectivity index is 1.61. The molecule has 1 aromatic heterocycles. The summed E-state index contributed by atoms with van der Waals surface area (Å²) in [5.41, 5.74) is 8.78. The standard InChI is InChI=1S/C32H38N4O4/c1-5-24-18-27(6-2)33-31(38)29(24)21-36(34-30(37)7-3)32(39)28-19-26(11-8-22(28)4)25-12-9-23(10-13-25)20-35-14-16-40-17-15-35/h7-13,18-19H,3,5-6,14-17,20-21H2,1-2,4H3,(H,33,38)(H,34,37). The Bertz CT molecular complexity index is 1420. The number of hydrogen-bond acceptors (Lipinski definition) is 5. The fourth-order valence-corrected chi connectivity index (χ4v) is 4.88. The van der Waals surface area contributed by atoms with Crippen LogP contribution in [0.1, 0.15) is 52.2 Å². The second-order valence-corrected chi connectivity index (χ2v) is 10.0. The largest absolute Gasteiger partial charge is 0.379 e. The third-order valence-corrected chi connectivity index (χ3v) is 7.30. The van der Waals surface area contributed by atoms with Gasteiger partial charge in [0.05, 0.1) is 19.8 Å². The van der Waals surface area contributed by atoms with Gasteiger partial charge in [-0.2, -0.15) is 0 Å². The molecule has 0 saturated carbocycles. The van der Waals surface area contributed by atoms with Crippen molar-refractivity contribution in [3.63, 3.8) is 0 Å². The zero-order chi connectivity index (χ0) is 28.6. The van der Waals surface area contributed by atoms with Gasteiger partial charge in [-0.25, -0.2) is 5.01 Å². The molecule has 2 aromatic carbocycles. The molecule has 2 amide bonds. The van der Waals surface area contributed by atoms with Crippen LogP contribution in [0.15, 0.2) is 66.0 Å². The van der Waals surface area contributed by atoms with E-state index in [1.807, 2.05) is 45.0 Å². The maximum Gasteiger partial charge on any atom is 0.272 e. The van der Waals surface area contributed by atoms with E-state index in [9.17, 15) is 14.4 Å². The number of ether oxygens (including phenoxy) is 1. The van der Waals surface area contributed by atoms with Crippen LogP contribution in [0.5, 0.6) is 0 Å². The monoisotopic (exact) mass is 542 g/mol. The molecule has 1 aliphatic heterocycles. The number of rotatable bonds is 9. The molecule has 0 spiro atoms. The first-order valence-corrected chi connectivity index (χ1v) is 13.8. The van der Waals surface area contributed by atoms with Crippen LogP contribution in [0.25, 0.3) is 11.1 Å². The van der Waals surface area contributed by atoms with Crippen molar-refractivity contribution in [1.82, 2.24) is 20.3 Å².